The van der Waals surface area contributed by atoms with Crippen LogP contribution < -0.4 is 10.1 Å². The van der Waals surface area contributed by atoms with Crippen LogP contribution in [0.4, 0.5) is 5.69 Å². The Morgan fingerprint density at radius 3 is 2.82 bits per heavy atom. The van der Waals surface area contributed by atoms with E-state index < -0.39 is 0 Å². The highest BCUT2D eigenvalue weighted by molar-refractivity contribution is 6.05. The van der Waals surface area contributed by atoms with Crippen LogP contribution >= 0.6 is 0 Å². The first-order valence-electron chi connectivity index (χ1n) is 6.73. The van der Waals surface area contributed by atoms with Crippen LogP contribution in [0.25, 0.3) is 5.78 Å². The van der Waals surface area contributed by atoms with E-state index in [1.165, 1.54) is 6.20 Å². The van der Waals surface area contributed by atoms with Crippen molar-refractivity contribution in [2.45, 2.75) is 13.8 Å². The molecule has 0 fully saturated rings. The first-order valence-corrected chi connectivity index (χ1v) is 6.73. The molecule has 1 aromatic carbocycles. The first kappa shape index (κ1) is 14.0. The summed E-state index contributed by atoms with van der Waals surface area (Å²) < 4.78 is 6.79. The summed E-state index contributed by atoms with van der Waals surface area (Å²) in [4.78, 5) is 20.8. The van der Waals surface area contributed by atoms with E-state index in [4.69, 9.17) is 4.74 Å². The van der Waals surface area contributed by atoms with Crippen LogP contribution in [0.5, 0.6) is 5.75 Å². The zero-order valence-electron chi connectivity index (χ0n) is 12.5. The molecule has 0 aliphatic heterocycles. The number of para-hydroxylation sites is 2. The van der Waals surface area contributed by atoms with Gasteiger partial charge < -0.3 is 10.1 Å². The summed E-state index contributed by atoms with van der Waals surface area (Å²) in [6.07, 6.45) is 1.50. The van der Waals surface area contributed by atoms with Crippen molar-refractivity contribution in [2.75, 3.05) is 12.4 Å². The van der Waals surface area contributed by atoms with Gasteiger partial charge >= 0.3 is 0 Å². The minimum Gasteiger partial charge on any atom is -0.495 e. The third-order valence-electron chi connectivity index (χ3n) is 3.31. The minimum absolute atomic E-state index is 0.274. The summed E-state index contributed by atoms with van der Waals surface area (Å²) in [5.41, 5.74) is 1.71. The highest BCUT2D eigenvalue weighted by Gasteiger charge is 2.16. The number of carbonyl (C=O) groups is 1. The van der Waals surface area contributed by atoms with Crippen LogP contribution in [-0.4, -0.2) is 32.6 Å². The van der Waals surface area contributed by atoms with Gasteiger partial charge in [0.1, 0.15) is 11.6 Å². The predicted octanol–water partition coefficient (Wildman–Crippen LogP) is 2.00. The molecule has 7 nitrogen and oxygen atoms in total. The van der Waals surface area contributed by atoms with E-state index in [2.05, 4.69) is 20.4 Å². The summed E-state index contributed by atoms with van der Waals surface area (Å²) in [5.74, 6) is 1.41. The van der Waals surface area contributed by atoms with E-state index in [1.807, 2.05) is 12.1 Å². The summed E-state index contributed by atoms with van der Waals surface area (Å²) >= 11 is 0. The normalized spacial score (nSPS) is 10.7. The number of rotatable bonds is 3. The topological polar surface area (TPSA) is 81.4 Å². The molecule has 0 aliphatic carbocycles. The second-order valence-electron chi connectivity index (χ2n) is 4.78. The van der Waals surface area contributed by atoms with E-state index in [0.29, 0.717) is 34.3 Å². The predicted molar refractivity (Wildman–Crippen MR) is 81.2 cm³/mol. The van der Waals surface area contributed by atoms with Crippen LogP contribution in [0.1, 0.15) is 21.9 Å². The third-order valence-corrected chi connectivity index (χ3v) is 3.31. The van der Waals surface area contributed by atoms with E-state index in [1.54, 1.807) is 37.6 Å². The fourth-order valence-electron chi connectivity index (χ4n) is 2.20. The van der Waals surface area contributed by atoms with E-state index in [-0.39, 0.29) is 5.91 Å². The van der Waals surface area contributed by atoms with Gasteiger partial charge in [0.25, 0.3) is 11.7 Å². The molecule has 2 heterocycles. The van der Waals surface area contributed by atoms with Gasteiger partial charge in [0.2, 0.25) is 0 Å². The molecule has 0 atom stereocenters. The molecule has 0 spiro atoms. The monoisotopic (exact) mass is 297 g/mol. The Hall–Kier alpha value is -2.96. The third kappa shape index (κ3) is 2.37. The lowest BCUT2D eigenvalue weighted by atomic mass is 10.2. The van der Waals surface area contributed by atoms with Gasteiger partial charge in [-0.1, -0.05) is 12.1 Å². The van der Waals surface area contributed by atoms with Crippen molar-refractivity contribution < 1.29 is 9.53 Å². The average molecular weight is 297 g/mol. The molecule has 22 heavy (non-hydrogen) atoms. The number of benzene rings is 1. The van der Waals surface area contributed by atoms with Crippen LogP contribution in [0.15, 0.2) is 30.5 Å². The maximum atomic E-state index is 12.5. The van der Waals surface area contributed by atoms with Gasteiger partial charge in [-0.2, -0.15) is 10.1 Å². The van der Waals surface area contributed by atoms with Gasteiger partial charge in [-0.3, -0.25) is 4.79 Å². The molecular weight excluding hydrogens is 282 g/mol. The average Bonchev–Trinajstić information content (AvgIpc) is 2.89. The molecule has 0 radical (unpaired) electrons. The summed E-state index contributed by atoms with van der Waals surface area (Å²) in [6, 6.07) is 7.22. The number of methoxy groups -OCH3 is 1. The zero-order chi connectivity index (χ0) is 15.7. The van der Waals surface area contributed by atoms with Gasteiger partial charge in [-0.15, -0.1) is 0 Å². The van der Waals surface area contributed by atoms with Gasteiger partial charge in [0.15, 0.2) is 0 Å². The van der Waals surface area contributed by atoms with Crippen LogP contribution in [0.2, 0.25) is 0 Å². The molecule has 112 valence electrons. The smallest absolute Gasteiger partial charge is 0.259 e. The maximum absolute atomic E-state index is 12.5. The molecule has 0 saturated heterocycles. The molecule has 0 bridgehead atoms. The van der Waals surface area contributed by atoms with Crippen molar-refractivity contribution in [3.05, 3.63) is 47.5 Å². The van der Waals surface area contributed by atoms with Crippen LogP contribution in [0, 0.1) is 13.8 Å². The lowest BCUT2D eigenvalue weighted by Gasteiger charge is -2.11. The molecule has 3 rings (SSSR count). The quantitative estimate of drug-likeness (QED) is 0.799. The number of aromatic nitrogens is 4. The SMILES string of the molecule is COc1ccccc1NC(=O)c1cnc2nc(C)nn2c1C. The number of ether oxygens (including phenoxy) is 1. The summed E-state index contributed by atoms with van der Waals surface area (Å²) in [5, 5.41) is 7.06. The van der Waals surface area contributed by atoms with Crippen molar-refractivity contribution in [3.63, 3.8) is 0 Å². The molecule has 3 aromatic rings. The molecule has 0 aliphatic rings. The number of hydrogen-bond acceptors (Lipinski definition) is 5. The van der Waals surface area contributed by atoms with Crippen molar-refractivity contribution in [1.82, 2.24) is 19.6 Å². The number of anilines is 1. The van der Waals surface area contributed by atoms with Crippen LogP contribution in [-0.2, 0) is 0 Å². The fourth-order valence-corrected chi connectivity index (χ4v) is 2.20. The van der Waals surface area contributed by atoms with Crippen molar-refractivity contribution in [3.8, 4) is 5.75 Å². The Kier molecular flexibility index (Phi) is 3.46. The number of aryl methyl sites for hydroxylation is 2. The number of nitrogens with one attached hydrogen (secondary N) is 1. The molecular formula is C15H15N5O2. The second-order valence-corrected chi connectivity index (χ2v) is 4.78. The first-order chi connectivity index (χ1) is 10.6. The number of carbonyl (C=O) groups excluding carboxylic acids is 1. The summed E-state index contributed by atoms with van der Waals surface area (Å²) in [6.45, 7) is 3.59. The zero-order valence-corrected chi connectivity index (χ0v) is 12.5. The second kappa shape index (κ2) is 5.44. The van der Waals surface area contributed by atoms with Gasteiger partial charge in [0.05, 0.1) is 24.1 Å². The highest BCUT2D eigenvalue weighted by atomic mass is 16.5. The van der Waals surface area contributed by atoms with Crippen LogP contribution in [0.3, 0.4) is 0 Å². The van der Waals surface area contributed by atoms with Gasteiger partial charge in [0, 0.05) is 6.20 Å². The molecule has 1 amide bonds. The standard InChI is InChI=1S/C15H15N5O2/c1-9-11(8-16-15-17-10(2)19-20(9)15)14(21)18-12-6-4-5-7-13(12)22-3/h4-8H,1-3H3,(H,18,21). The number of hydrogen-bond donors (Lipinski definition) is 1. The van der Waals surface area contributed by atoms with E-state index >= 15 is 0 Å². The maximum Gasteiger partial charge on any atom is 0.259 e. The lowest BCUT2D eigenvalue weighted by Crippen LogP contribution is -2.16. The Morgan fingerprint density at radius 1 is 1.27 bits per heavy atom. The van der Waals surface area contributed by atoms with Gasteiger partial charge in [-0.05, 0) is 26.0 Å². The van der Waals surface area contributed by atoms with E-state index in [9.17, 15) is 4.79 Å². The van der Waals surface area contributed by atoms with Crippen molar-refractivity contribution >= 4 is 17.4 Å². The Balaban J connectivity index is 1.97. The molecule has 0 saturated carbocycles. The Bertz CT molecular complexity index is 856. The molecule has 2 aromatic heterocycles. The Morgan fingerprint density at radius 2 is 2.05 bits per heavy atom. The number of fused-ring (bicyclic) bond motifs is 1. The number of nitrogens with zero attached hydrogens (tertiary/aromatic N) is 4. The minimum atomic E-state index is -0.274. The lowest BCUT2D eigenvalue weighted by molar-refractivity contribution is 0.102. The Labute approximate surface area is 127 Å². The largest absolute Gasteiger partial charge is 0.495 e. The number of amides is 1. The van der Waals surface area contributed by atoms with Crippen molar-refractivity contribution in [2.24, 2.45) is 0 Å². The van der Waals surface area contributed by atoms with Crippen molar-refractivity contribution in [1.29, 1.82) is 0 Å². The summed E-state index contributed by atoms with van der Waals surface area (Å²) in [7, 11) is 1.56. The van der Waals surface area contributed by atoms with E-state index in [0.717, 1.165) is 0 Å². The highest BCUT2D eigenvalue weighted by Crippen LogP contribution is 2.24. The fraction of sp³-hybridized carbons (Fsp3) is 0.200. The molecule has 0 unspecified atom stereocenters. The molecule has 7 heteroatoms. The molecule has 1 N–H and O–H groups in total. The van der Waals surface area contributed by atoms with Gasteiger partial charge in [-0.25, -0.2) is 9.50 Å².